The number of nitrogens with zero attached hydrogens (tertiary/aromatic N) is 1. The van der Waals surface area contributed by atoms with E-state index in [2.05, 4.69) is 15.3 Å². The quantitative estimate of drug-likeness (QED) is 0.768. The summed E-state index contributed by atoms with van der Waals surface area (Å²) in [6.45, 7) is 0.145. The molecule has 0 fully saturated rings. The van der Waals surface area contributed by atoms with Crippen molar-refractivity contribution in [1.82, 2.24) is 15.3 Å². The monoisotopic (exact) mass is 269 g/mol. The lowest BCUT2D eigenvalue weighted by Gasteiger charge is -2.06. The van der Waals surface area contributed by atoms with Crippen LogP contribution in [0, 0.1) is 5.82 Å². The minimum atomic E-state index is -0.328. The van der Waals surface area contributed by atoms with Crippen molar-refractivity contribution in [2.75, 3.05) is 0 Å². The van der Waals surface area contributed by atoms with E-state index in [4.69, 9.17) is 0 Å². The molecule has 0 radical (unpaired) electrons. The van der Waals surface area contributed by atoms with Gasteiger partial charge in [-0.2, -0.15) is 0 Å². The number of aromatic nitrogens is 2. The van der Waals surface area contributed by atoms with Crippen LogP contribution in [0.5, 0.6) is 0 Å². The number of halogens is 1. The van der Waals surface area contributed by atoms with Gasteiger partial charge in [-0.05, 0) is 18.2 Å². The van der Waals surface area contributed by atoms with Crippen LogP contribution in [-0.4, -0.2) is 15.9 Å². The molecule has 0 atom stereocenters. The number of imidazole rings is 1. The molecule has 0 bridgehead atoms. The van der Waals surface area contributed by atoms with Gasteiger partial charge in [0.1, 0.15) is 11.3 Å². The number of rotatable bonds is 3. The topological polar surface area (TPSA) is 57.8 Å². The van der Waals surface area contributed by atoms with Crippen LogP contribution in [0.3, 0.4) is 0 Å². The van der Waals surface area contributed by atoms with Crippen molar-refractivity contribution in [1.29, 1.82) is 0 Å². The second-order valence-corrected chi connectivity index (χ2v) is 4.38. The van der Waals surface area contributed by atoms with Crippen LogP contribution in [0.1, 0.15) is 15.9 Å². The lowest BCUT2D eigenvalue weighted by Crippen LogP contribution is -2.23. The first-order valence-corrected chi connectivity index (χ1v) is 6.19. The van der Waals surface area contributed by atoms with Gasteiger partial charge in [0, 0.05) is 12.1 Å². The number of nitrogens with one attached hydrogen (secondary N) is 2. The van der Waals surface area contributed by atoms with Crippen molar-refractivity contribution < 1.29 is 9.18 Å². The zero-order chi connectivity index (χ0) is 13.9. The predicted octanol–water partition coefficient (Wildman–Crippen LogP) is 2.63. The highest BCUT2D eigenvalue weighted by Gasteiger charge is 2.11. The average Bonchev–Trinajstić information content (AvgIpc) is 2.94. The smallest absolute Gasteiger partial charge is 0.253 e. The molecule has 0 aliphatic carbocycles. The molecule has 2 N–H and O–H groups in total. The molecule has 0 aliphatic rings. The minimum Gasteiger partial charge on any atom is -0.348 e. The lowest BCUT2D eigenvalue weighted by molar-refractivity contribution is 0.0952. The van der Waals surface area contributed by atoms with Gasteiger partial charge in [0.2, 0.25) is 0 Å². The summed E-state index contributed by atoms with van der Waals surface area (Å²) in [5, 5.41) is 2.71. The van der Waals surface area contributed by atoms with Crippen LogP contribution in [0.4, 0.5) is 4.39 Å². The summed E-state index contributed by atoms with van der Waals surface area (Å²) in [7, 11) is 0. The molecule has 0 unspecified atom stereocenters. The van der Waals surface area contributed by atoms with Crippen LogP contribution < -0.4 is 5.32 Å². The summed E-state index contributed by atoms with van der Waals surface area (Å²) >= 11 is 0. The van der Waals surface area contributed by atoms with Gasteiger partial charge in [-0.1, -0.05) is 24.3 Å². The molecule has 4 nitrogen and oxygen atoms in total. The Morgan fingerprint density at radius 3 is 2.90 bits per heavy atom. The van der Waals surface area contributed by atoms with Crippen molar-refractivity contribution in [3.05, 3.63) is 65.7 Å². The molecule has 0 spiro atoms. The Hall–Kier alpha value is -2.69. The van der Waals surface area contributed by atoms with Crippen LogP contribution in [0.15, 0.2) is 48.8 Å². The molecule has 1 amide bonds. The van der Waals surface area contributed by atoms with Crippen molar-refractivity contribution in [2.24, 2.45) is 0 Å². The van der Waals surface area contributed by atoms with E-state index < -0.39 is 0 Å². The van der Waals surface area contributed by atoms with Crippen molar-refractivity contribution in [3.63, 3.8) is 0 Å². The summed E-state index contributed by atoms with van der Waals surface area (Å²) in [5.74, 6) is -0.600. The summed E-state index contributed by atoms with van der Waals surface area (Å²) in [5.41, 5.74) is 2.33. The number of carbonyl (C=O) groups excluding carboxylic acids is 1. The highest BCUT2D eigenvalue weighted by Crippen LogP contribution is 2.14. The maximum Gasteiger partial charge on any atom is 0.253 e. The fourth-order valence-corrected chi connectivity index (χ4v) is 2.06. The molecular formula is C15H12FN3O. The fraction of sp³-hybridized carbons (Fsp3) is 0.0667. The van der Waals surface area contributed by atoms with Crippen LogP contribution >= 0.6 is 0 Å². The number of hydrogen-bond donors (Lipinski definition) is 2. The third-order valence-electron chi connectivity index (χ3n) is 3.09. The largest absolute Gasteiger partial charge is 0.348 e. The number of hydrogen-bond acceptors (Lipinski definition) is 2. The molecule has 5 heteroatoms. The number of benzene rings is 2. The molecule has 20 heavy (non-hydrogen) atoms. The zero-order valence-corrected chi connectivity index (χ0v) is 10.6. The standard InChI is InChI=1S/C15H12FN3O/c16-12-6-2-1-4-10(12)8-17-15(20)11-5-3-7-13-14(11)19-9-18-13/h1-7,9H,8H2,(H,17,20)(H,18,19). The number of H-pyrrole nitrogens is 1. The SMILES string of the molecule is O=C(NCc1ccccc1F)c1cccc2[nH]cnc12. The number of carbonyl (C=O) groups is 1. The van der Waals surface area contributed by atoms with Crippen molar-refractivity contribution in [3.8, 4) is 0 Å². The van der Waals surface area contributed by atoms with E-state index in [0.29, 0.717) is 16.6 Å². The van der Waals surface area contributed by atoms with Gasteiger partial charge in [0.15, 0.2) is 0 Å². The van der Waals surface area contributed by atoms with Crippen molar-refractivity contribution >= 4 is 16.9 Å². The molecule has 0 saturated heterocycles. The van der Waals surface area contributed by atoms with Crippen LogP contribution in [0.25, 0.3) is 11.0 Å². The van der Waals surface area contributed by atoms with E-state index >= 15 is 0 Å². The van der Waals surface area contributed by atoms with Crippen LogP contribution in [0.2, 0.25) is 0 Å². The molecule has 0 saturated carbocycles. The maximum absolute atomic E-state index is 13.5. The second kappa shape index (κ2) is 5.13. The molecule has 3 rings (SSSR count). The van der Waals surface area contributed by atoms with E-state index in [0.717, 1.165) is 5.52 Å². The molecule has 2 aromatic carbocycles. The highest BCUT2D eigenvalue weighted by atomic mass is 19.1. The van der Waals surface area contributed by atoms with Gasteiger partial charge in [0.05, 0.1) is 17.4 Å². The summed E-state index contributed by atoms with van der Waals surface area (Å²) < 4.78 is 13.5. The first-order valence-electron chi connectivity index (χ1n) is 6.19. The first kappa shape index (κ1) is 12.3. The Kier molecular flexibility index (Phi) is 3.16. The number of fused-ring (bicyclic) bond motifs is 1. The average molecular weight is 269 g/mol. The maximum atomic E-state index is 13.5. The lowest BCUT2D eigenvalue weighted by atomic mass is 10.1. The van der Waals surface area contributed by atoms with Gasteiger partial charge < -0.3 is 10.3 Å². The molecular weight excluding hydrogens is 257 g/mol. The van der Waals surface area contributed by atoms with E-state index in [1.807, 2.05) is 6.07 Å². The molecule has 1 heterocycles. The molecule has 0 aliphatic heterocycles. The van der Waals surface area contributed by atoms with Crippen molar-refractivity contribution in [2.45, 2.75) is 6.54 Å². The fourth-order valence-electron chi connectivity index (χ4n) is 2.06. The summed E-state index contributed by atoms with van der Waals surface area (Å²) in [4.78, 5) is 19.2. The number of aromatic amines is 1. The third-order valence-corrected chi connectivity index (χ3v) is 3.09. The summed E-state index contributed by atoms with van der Waals surface area (Å²) in [6.07, 6.45) is 1.54. The van der Waals surface area contributed by atoms with Gasteiger partial charge in [0.25, 0.3) is 5.91 Å². The number of para-hydroxylation sites is 1. The zero-order valence-electron chi connectivity index (χ0n) is 10.6. The Morgan fingerprint density at radius 2 is 2.05 bits per heavy atom. The third kappa shape index (κ3) is 2.25. The Morgan fingerprint density at radius 1 is 1.20 bits per heavy atom. The van der Waals surface area contributed by atoms with Gasteiger partial charge >= 0.3 is 0 Å². The molecule has 100 valence electrons. The second-order valence-electron chi connectivity index (χ2n) is 4.38. The number of amides is 1. The summed E-state index contributed by atoms with van der Waals surface area (Å²) in [6, 6.07) is 11.7. The normalized spacial score (nSPS) is 10.7. The van der Waals surface area contributed by atoms with E-state index in [9.17, 15) is 9.18 Å². The predicted molar refractivity (Wildman–Crippen MR) is 73.7 cm³/mol. The Labute approximate surface area is 114 Å². The van der Waals surface area contributed by atoms with Crippen LogP contribution in [-0.2, 0) is 6.54 Å². The highest BCUT2D eigenvalue weighted by molar-refractivity contribution is 6.04. The van der Waals surface area contributed by atoms with Gasteiger partial charge in [-0.3, -0.25) is 4.79 Å². The Balaban J connectivity index is 1.80. The van der Waals surface area contributed by atoms with E-state index in [-0.39, 0.29) is 18.3 Å². The minimum absolute atomic E-state index is 0.145. The molecule has 3 aromatic rings. The van der Waals surface area contributed by atoms with Gasteiger partial charge in [-0.15, -0.1) is 0 Å². The molecule has 1 aromatic heterocycles. The van der Waals surface area contributed by atoms with Gasteiger partial charge in [-0.25, -0.2) is 9.37 Å². The van der Waals surface area contributed by atoms with E-state index in [1.54, 1.807) is 30.3 Å². The Bertz CT molecular complexity index is 766. The first-order chi connectivity index (χ1) is 9.75. The van der Waals surface area contributed by atoms with E-state index in [1.165, 1.54) is 12.4 Å².